The molecule has 0 aromatic rings. The van der Waals surface area contributed by atoms with Crippen LogP contribution in [0.1, 0.15) is 44.9 Å². The number of nitrogens with one attached hydrogen (secondary N) is 1. The minimum absolute atomic E-state index is 0.357. The molecule has 92 valence electrons. The van der Waals surface area contributed by atoms with E-state index in [4.69, 9.17) is 0 Å². The van der Waals surface area contributed by atoms with Crippen LogP contribution < -0.4 is 5.32 Å². The zero-order chi connectivity index (χ0) is 11.4. The van der Waals surface area contributed by atoms with Gasteiger partial charge in [-0.25, -0.2) is 0 Å². The third-order valence-electron chi connectivity index (χ3n) is 4.18. The first-order chi connectivity index (χ1) is 7.77. The van der Waals surface area contributed by atoms with Gasteiger partial charge in [0.2, 0.25) is 5.91 Å². The van der Waals surface area contributed by atoms with Gasteiger partial charge in [0.05, 0.1) is 0 Å². The van der Waals surface area contributed by atoms with E-state index in [2.05, 4.69) is 5.32 Å². The largest absolute Gasteiger partial charge is 0.343 e. The maximum Gasteiger partial charge on any atom is 0.222 e. The van der Waals surface area contributed by atoms with Crippen molar-refractivity contribution in [2.24, 2.45) is 5.92 Å². The van der Waals surface area contributed by atoms with Gasteiger partial charge in [-0.3, -0.25) is 4.79 Å². The molecule has 1 aliphatic heterocycles. The van der Waals surface area contributed by atoms with E-state index in [0.717, 1.165) is 31.8 Å². The summed E-state index contributed by atoms with van der Waals surface area (Å²) in [6.07, 6.45) is 8.13. The molecule has 2 rings (SSSR count). The maximum absolute atomic E-state index is 11.9. The van der Waals surface area contributed by atoms with Gasteiger partial charge in [-0.2, -0.15) is 0 Å². The highest BCUT2D eigenvalue weighted by Crippen LogP contribution is 2.25. The molecular formula is C13H24N2O. The number of rotatable bonds is 4. The molecule has 1 N–H and O–H groups in total. The minimum atomic E-state index is 0.357. The Labute approximate surface area is 98.6 Å². The van der Waals surface area contributed by atoms with Crippen molar-refractivity contribution in [1.29, 1.82) is 0 Å². The lowest BCUT2D eigenvalue weighted by Gasteiger charge is -2.35. The van der Waals surface area contributed by atoms with E-state index in [1.807, 2.05) is 11.9 Å². The van der Waals surface area contributed by atoms with E-state index in [1.165, 1.54) is 32.1 Å². The van der Waals surface area contributed by atoms with E-state index in [9.17, 15) is 4.79 Å². The van der Waals surface area contributed by atoms with E-state index >= 15 is 0 Å². The predicted octanol–water partition coefficient (Wildman–Crippen LogP) is 1.78. The third-order valence-corrected chi connectivity index (χ3v) is 4.18. The first kappa shape index (κ1) is 11.9. The zero-order valence-electron chi connectivity index (χ0n) is 10.4. The van der Waals surface area contributed by atoms with Gasteiger partial charge in [0.1, 0.15) is 0 Å². The van der Waals surface area contributed by atoms with Crippen LogP contribution in [-0.4, -0.2) is 37.0 Å². The normalized spacial score (nSPS) is 26.2. The summed E-state index contributed by atoms with van der Waals surface area (Å²) in [7, 11) is 1.98. The molecule has 0 bridgehead atoms. The Kier molecular flexibility index (Phi) is 4.22. The molecular weight excluding hydrogens is 200 g/mol. The summed E-state index contributed by atoms with van der Waals surface area (Å²) in [4.78, 5) is 13.9. The van der Waals surface area contributed by atoms with Crippen LogP contribution in [0.15, 0.2) is 0 Å². The van der Waals surface area contributed by atoms with E-state index in [0.29, 0.717) is 11.9 Å². The van der Waals surface area contributed by atoms with Crippen molar-refractivity contribution in [2.45, 2.75) is 51.0 Å². The fraction of sp³-hybridized carbons (Fsp3) is 0.923. The van der Waals surface area contributed by atoms with E-state index < -0.39 is 0 Å². The second-order valence-electron chi connectivity index (χ2n) is 5.34. The third kappa shape index (κ3) is 2.97. The maximum atomic E-state index is 11.9. The van der Waals surface area contributed by atoms with Crippen molar-refractivity contribution < 1.29 is 4.79 Å². The Hall–Kier alpha value is -0.570. The van der Waals surface area contributed by atoms with Crippen LogP contribution in [0.2, 0.25) is 0 Å². The Morgan fingerprint density at radius 1 is 1.31 bits per heavy atom. The van der Waals surface area contributed by atoms with Crippen LogP contribution in [0.4, 0.5) is 0 Å². The van der Waals surface area contributed by atoms with Gasteiger partial charge in [-0.05, 0) is 57.5 Å². The summed E-state index contributed by atoms with van der Waals surface area (Å²) in [6, 6.07) is 0.553. The van der Waals surface area contributed by atoms with Crippen LogP contribution in [0.25, 0.3) is 0 Å². The van der Waals surface area contributed by atoms with Crippen LogP contribution >= 0.6 is 0 Å². The second kappa shape index (κ2) is 5.67. The molecule has 0 aromatic carbocycles. The minimum Gasteiger partial charge on any atom is -0.343 e. The Bertz CT molecular complexity index is 232. The van der Waals surface area contributed by atoms with Crippen molar-refractivity contribution in [3.8, 4) is 0 Å². The van der Waals surface area contributed by atoms with Gasteiger partial charge >= 0.3 is 0 Å². The Morgan fingerprint density at radius 3 is 2.69 bits per heavy atom. The summed E-state index contributed by atoms with van der Waals surface area (Å²) < 4.78 is 0. The zero-order valence-corrected chi connectivity index (χ0v) is 10.4. The number of hydrogen-bond acceptors (Lipinski definition) is 2. The van der Waals surface area contributed by atoms with Gasteiger partial charge in [0.15, 0.2) is 0 Å². The number of nitrogens with zero attached hydrogens (tertiary/aromatic N) is 1. The fourth-order valence-electron chi connectivity index (χ4n) is 2.65. The lowest BCUT2D eigenvalue weighted by Crippen LogP contribution is -2.41. The standard InChI is InChI=1S/C13H24N2O/c1-15(12-5-2-6-12)13(16)8-7-11-4-3-9-14-10-11/h11-12,14H,2-10H2,1H3. The van der Waals surface area contributed by atoms with Crippen molar-refractivity contribution in [3.63, 3.8) is 0 Å². The number of carbonyl (C=O) groups excluding carboxylic acids is 1. The van der Waals surface area contributed by atoms with E-state index in [1.54, 1.807) is 0 Å². The quantitative estimate of drug-likeness (QED) is 0.789. The summed E-state index contributed by atoms with van der Waals surface area (Å²) in [5.74, 6) is 1.09. The molecule has 1 aliphatic carbocycles. The molecule has 2 aliphatic rings. The molecule has 1 atom stereocenters. The van der Waals surface area contributed by atoms with Gasteiger partial charge in [0, 0.05) is 19.5 Å². The number of amides is 1. The van der Waals surface area contributed by atoms with Crippen LogP contribution in [0.5, 0.6) is 0 Å². The monoisotopic (exact) mass is 224 g/mol. The van der Waals surface area contributed by atoms with Gasteiger partial charge in [-0.1, -0.05) is 0 Å². The molecule has 1 unspecified atom stereocenters. The molecule has 0 radical (unpaired) electrons. The van der Waals surface area contributed by atoms with E-state index in [-0.39, 0.29) is 0 Å². The molecule has 1 amide bonds. The molecule has 1 saturated carbocycles. The highest BCUT2D eigenvalue weighted by Gasteiger charge is 2.25. The van der Waals surface area contributed by atoms with Crippen molar-refractivity contribution >= 4 is 5.91 Å². The highest BCUT2D eigenvalue weighted by molar-refractivity contribution is 5.76. The number of hydrogen-bond donors (Lipinski definition) is 1. The highest BCUT2D eigenvalue weighted by atomic mass is 16.2. The van der Waals surface area contributed by atoms with Crippen molar-refractivity contribution in [1.82, 2.24) is 10.2 Å². The van der Waals surface area contributed by atoms with Gasteiger partial charge in [0.25, 0.3) is 0 Å². The first-order valence-corrected chi connectivity index (χ1v) is 6.74. The van der Waals surface area contributed by atoms with Crippen LogP contribution in [-0.2, 0) is 4.79 Å². The summed E-state index contributed by atoms with van der Waals surface area (Å²) in [6.45, 7) is 2.27. The Morgan fingerprint density at radius 2 is 2.12 bits per heavy atom. The second-order valence-corrected chi connectivity index (χ2v) is 5.34. The fourth-order valence-corrected chi connectivity index (χ4v) is 2.65. The molecule has 1 heterocycles. The predicted molar refractivity (Wildman–Crippen MR) is 65.2 cm³/mol. The lowest BCUT2D eigenvalue weighted by atomic mass is 9.90. The first-order valence-electron chi connectivity index (χ1n) is 6.74. The summed E-state index contributed by atoms with van der Waals surface area (Å²) >= 11 is 0. The summed E-state index contributed by atoms with van der Waals surface area (Å²) in [5, 5.41) is 3.41. The molecule has 3 heteroatoms. The van der Waals surface area contributed by atoms with Gasteiger partial charge < -0.3 is 10.2 Å². The Balaban J connectivity index is 1.65. The SMILES string of the molecule is CN(C(=O)CCC1CCCNC1)C1CCC1. The molecule has 0 spiro atoms. The number of piperidine rings is 1. The van der Waals surface area contributed by atoms with Crippen LogP contribution in [0, 0.1) is 5.92 Å². The molecule has 3 nitrogen and oxygen atoms in total. The molecule has 2 fully saturated rings. The molecule has 16 heavy (non-hydrogen) atoms. The van der Waals surface area contributed by atoms with Gasteiger partial charge in [-0.15, -0.1) is 0 Å². The number of carbonyl (C=O) groups is 1. The molecule has 1 saturated heterocycles. The lowest BCUT2D eigenvalue weighted by molar-refractivity contribution is -0.133. The average Bonchev–Trinajstić information content (AvgIpc) is 2.25. The molecule has 0 aromatic heterocycles. The topological polar surface area (TPSA) is 32.3 Å². The van der Waals surface area contributed by atoms with Crippen LogP contribution in [0.3, 0.4) is 0 Å². The summed E-state index contributed by atoms with van der Waals surface area (Å²) in [5.41, 5.74) is 0. The van der Waals surface area contributed by atoms with Crippen molar-refractivity contribution in [2.75, 3.05) is 20.1 Å². The van der Waals surface area contributed by atoms with Crippen molar-refractivity contribution in [3.05, 3.63) is 0 Å². The average molecular weight is 224 g/mol. The smallest absolute Gasteiger partial charge is 0.222 e.